The third-order valence-corrected chi connectivity index (χ3v) is 3.56. The van der Waals surface area contributed by atoms with E-state index in [1.165, 1.54) is 6.07 Å². The monoisotopic (exact) mass is 327 g/mol. The molecule has 2 aromatic rings. The standard InChI is InChI=1S/C13H9BCl2FNO3/c15-9-2-1-3-11(12(9)16)18-13(19)7-4-5-8(14(20)21)10(17)6-7/h1-6,20-21H,(H,18,19). The molecule has 0 atom stereocenters. The van der Waals surface area contributed by atoms with Gasteiger partial charge >= 0.3 is 7.12 Å². The molecule has 0 spiro atoms. The summed E-state index contributed by atoms with van der Waals surface area (Å²) in [5.41, 5.74) is -0.0128. The Kier molecular flexibility index (Phi) is 4.85. The number of halogens is 3. The van der Waals surface area contributed by atoms with E-state index in [1.807, 2.05) is 0 Å². The maximum absolute atomic E-state index is 13.6. The highest BCUT2D eigenvalue weighted by Gasteiger charge is 2.18. The number of rotatable bonds is 3. The molecule has 0 aliphatic heterocycles. The molecule has 4 nitrogen and oxygen atoms in total. The number of carbonyl (C=O) groups is 1. The SMILES string of the molecule is O=C(Nc1cccc(Cl)c1Cl)c1ccc(B(O)O)c(F)c1. The molecule has 0 aliphatic carbocycles. The molecule has 21 heavy (non-hydrogen) atoms. The maximum Gasteiger partial charge on any atom is 0.491 e. The van der Waals surface area contributed by atoms with Crippen LogP contribution in [0, 0.1) is 5.82 Å². The van der Waals surface area contributed by atoms with Crippen LogP contribution in [0.4, 0.5) is 10.1 Å². The van der Waals surface area contributed by atoms with E-state index in [0.29, 0.717) is 5.69 Å². The molecule has 1 amide bonds. The summed E-state index contributed by atoms with van der Waals surface area (Å²) < 4.78 is 13.6. The fraction of sp³-hybridized carbons (Fsp3) is 0. The topological polar surface area (TPSA) is 69.6 Å². The summed E-state index contributed by atoms with van der Waals surface area (Å²) in [6.45, 7) is 0. The van der Waals surface area contributed by atoms with E-state index in [9.17, 15) is 9.18 Å². The Bertz CT molecular complexity index is 697. The molecule has 0 heterocycles. The summed E-state index contributed by atoms with van der Waals surface area (Å²) in [5, 5.41) is 20.8. The molecule has 0 radical (unpaired) electrons. The van der Waals surface area contributed by atoms with Crippen molar-refractivity contribution < 1.29 is 19.2 Å². The van der Waals surface area contributed by atoms with Crippen molar-refractivity contribution in [1.29, 1.82) is 0 Å². The van der Waals surface area contributed by atoms with Gasteiger partial charge in [-0.2, -0.15) is 0 Å². The summed E-state index contributed by atoms with van der Waals surface area (Å²) in [7, 11) is -1.94. The molecule has 2 rings (SSSR count). The van der Waals surface area contributed by atoms with Crippen LogP contribution in [0.3, 0.4) is 0 Å². The van der Waals surface area contributed by atoms with E-state index < -0.39 is 18.8 Å². The number of hydrogen-bond donors (Lipinski definition) is 3. The van der Waals surface area contributed by atoms with Gasteiger partial charge in [0.05, 0.1) is 15.7 Å². The lowest BCUT2D eigenvalue weighted by molar-refractivity contribution is 0.102. The first-order chi connectivity index (χ1) is 9.90. The fourth-order valence-corrected chi connectivity index (χ4v) is 2.02. The van der Waals surface area contributed by atoms with Gasteiger partial charge in [0.1, 0.15) is 5.82 Å². The summed E-state index contributed by atoms with van der Waals surface area (Å²) in [6, 6.07) is 8.02. The summed E-state index contributed by atoms with van der Waals surface area (Å²) in [4.78, 5) is 12.0. The number of hydrogen-bond acceptors (Lipinski definition) is 3. The summed E-state index contributed by atoms with van der Waals surface area (Å²) in [6.07, 6.45) is 0. The van der Waals surface area contributed by atoms with Crippen LogP contribution in [0.25, 0.3) is 0 Å². The largest absolute Gasteiger partial charge is 0.491 e. The lowest BCUT2D eigenvalue weighted by atomic mass is 9.79. The van der Waals surface area contributed by atoms with Gasteiger partial charge in [-0.15, -0.1) is 0 Å². The first kappa shape index (κ1) is 15.8. The van der Waals surface area contributed by atoms with Crippen molar-refractivity contribution in [2.24, 2.45) is 0 Å². The zero-order chi connectivity index (χ0) is 15.6. The Labute approximate surface area is 130 Å². The molecule has 0 aromatic heterocycles. The van der Waals surface area contributed by atoms with Crippen molar-refractivity contribution in [1.82, 2.24) is 0 Å². The van der Waals surface area contributed by atoms with Crippen LogP contribution in [0.15, 0.2) is 36.4 Å². The van der Waals surface area contributed by atoms with Crippen molar-refractivity contribution in [3.05, 3.63) is 57.8 Å². The van der Waals surface area contributed by atoms with Crippen LogP contribution < -0.4 is 10.8 Å². The van der Waals surface area contributed by atoms with Crippen LogP contribution in [-0.4, -0.2) is 23.1 Å². The second-order valence-electron chi connectivity index (χ2n) is 4.17. The van der Waals surface area contributed by atoms with Crippen molar-refractivity contribution >= 4 is 47.4 Å². The molecule has 8 heteroatoms. The molecule has 0 fully saturated rings. The molecule has 0 bridgehead atoms. The second kappa shape index (κ2) is 6.45. The van der Waals surface area contributed by atoms with Crippen molar-refractivity contribution in [3.63, 3.8) is 0 Å². The van der Waals surface area contributed by atoms with E-state index in [-0.39, 0.29) is 21.1 Å². The van der Waals surface area contributed by atoms with E-state index in [2.05, 4.69) is 5.32 Å². The average Bonchev–Trinajstić information content (AvgIpc) is 2.43. The van der Waals surface area contributed by atoms with Crippen LogP contribution >= 0.6 is 23.2 Å². The number of amides is 1. The van der Waals surface area contributed by atoms with Crippen LogP contribution in [0.2, 0.25) is 10.0 Å². The lowest BCUT2D eigenvalue weighted by Gasteiger charge is -2.09. The van der Waals surface area contributed by atoms with E-state index in [1.54, 1.807) is 18.2 Å². The van der Waals surface area contributed by atoms with Crippen LogP contribution in [0.1, 0.15) is 10.4 Å². The fourth-order valence-electron chi connectivity index (χ4n) is 1.67. The Morgan fingerprint density at radius 2 is 1.90 bits per heavy atom. The molecule has 0 saturated heterocycles. The lowest BCUT2D eigenvalue weighted by Crippen LogP contribution is -2.33. The molecular weight excluding hydrogens is 319 g/mol. The molecule has 3 N–H and O–H groups in total. The predicted octanol–water partition coefficient (Wildman–Crippen LogP) is 2.06. The van der Waals surface area contributed by atoms with Crippen LogP contribution in [0.5, 0.6) is 0 Å². The van der Waals surface area contributed by atoms with Gasteiger partial charge in [0.25, 0.3) is 5.91 Å². The highest BCUT2D eigenvalue weighted by molar-refractivity contribution is 6.58. The number of carbonyl (C=O) groups excluding carboxylic acids is 1. The first-order valence-electron chi connectivity index (χ1n) is 5.81. The Morgan fingerprint density at radius 3 is 2.52 bits per heavy atom. The smallest absolute Gasteiger partial charge is 0.423 e. The van der Waals surface area contributed by atoms with E-state index in [0.717, 1.165) is 12.1 Å². The minimum absolute atomic E-state index is 0.00735. The van der Waals surface area contributed by atoms with Gasteiger partial charge in [0, 0.05) is 11.0 Å². The molecule has 0 saturated carbocycles. The van der Waals surface area contributed by atoms with E-state index >= 15 is 0 Å². The molecule has 0 unspecified atom stereocenters. The number of benzene rings is 2. The minimum atomic E-state index is -1.94. The van der Waals surface area contributed by atoms with Gasteiger partial charge in [-0.3, -0.25) is 4.79 Å². The third-order valence-electron chi connectivity index (χ3n) is 2.74. The quantitative estimate of drug-likeness (QED) is 0.756. The average molecular weight is 328 g/mol. The van der Waals surface area contributed by atoms with E-state index in [4.69, 9.17) is 33.2 Å². The minimum Gasteiger partial charge on any atom is -0.423 e. The molecule has 108 valence electrons. The number of nitrogens with one attached hydrogen (secondary N) is 1. The van der Waals surface area contributed by atoms with Crippen LogP contribution in [-0.2, 0) is 0 Å². The Balaban J connectivity index is 2.25. The van der Waals surface area contributed by atoms with Crippen molar-refractivity contribution in [3.8, 4) is 0 Å². The number of anilines is 1. The first-order valence-corrected chi connectivity index (χ1v) is 6.56. The van der Waals surface area contributed by atoms with Crippen molar-refractivity contribution in [2.45, 2.75) is 0 Å². The molecule has 2 aromatic carbocycles. The van der Waals surface area contributed by atoms with Gasteiger partial charge in [-0.05, 0) is 24.3 Å². The Hall–Kier alpha value is -1.60. The van der Waals surface area contributed by atoms with Gasteiger partial charge < -0.3 is 15.4 Å². The molecule has 0 aliphatic rings. The highest BCUT2D eigenvalue weighted by Crippen LogP contribution is 2.29. The zero-order valence-corrected chi connectivity index (χ0v) is 12.0. The summed E-state index contributed by atoms with van der Waals surface area (Å²) in [5.74, 6) is -1.49. The predicted molar refractivity (Wildman–Crippen MR) is 80.6 cm³/mol. The summed E-state index contributed by atoms with van der Waals surface area (Å²) >= 11 is 11.8. The zero-order valence-electron chi connectivity index (χ0n) is 10.5. The van der Waals surface area contributed by atoms with Gasteiger partial charge in [-0.25, -0.2) is 4.39 Å². The van der Waals surface area contributed by atoms with Crippen molar-refractivity contribution in [2.75, 3.05) is 5.32 Å². The second-order valence-corrected chi connectivity index (χ2v) is 4.95. The maximum atomic E-state index is 13.6. The van der Waals surface area contributed by atoms with Gasteiger partial charge in [-0.1, -0.05) is 35.3 Å². The molecular formula is C13H9BCl2FNO3. The Morgan fingerprint density at radius 1 is 1.19 bits per heavy atom. The van der Waals surface area contributed by atoms with Gasteiger partial charge in [0.2, 0.25) is 0 Å². The van der Waals surface area contributed by atoms with Gasteiger partial charge in [0.15, 0.2) is 0 Å². The normalized spacial score (nSPS) is 10.3. The third kappa shape index (κ3) is 3.54. The highest BCUT2D eigenvalue weighted by atomic mass is 35.5.